The standard InChI is InChI=1S/C17H25NO2/c1-11(2)12(3)10-18-13(4)16-9-14-7-6-8-15(19-5)17(14)20-16/h6-9,11-13,18H,10H2,1-5H3. The van der Waals surface area contributed by atoms with Crippen LogP contribution in [-0.2, 0) is 0 Å². The Balaban J connectivity index is 2.12. The van der Waals surface area contributed by atoms with Gasteiger partial charge in [-0.1, -0.05) is 32.9 Å². The highest BCUT2D eigenvalue weighted by Gasteiger charge is 2.15. The molecule has 2 atom stereocenters. The van der Waals surface area contributed by atoms with Gasteiger partial charge >= 0.3 is 0 Å². The van der Waals surface area contributed by atoms with Gasteiger partial charge in [0.1, 0.15) is 5.76 Å². The van der Waals surface area contributed by atoms with Crippen molar-refractivity contribution in [2.24, 2.45) is 11.8 Å². The van der Waals surface area contributed by atoms with E-state index in [2.05, 4.69) is 39.1 Å². The predicted molar refractivity (Wildman–Crippen MR) is 83.2 cm³/mol. The van der Waals surface area contributed by atoms with E-state index < -0.39 is 0 Å². The van der Waals surface area contributed by atoms with Crippen LogP contribution >= 0.6 is 0 Å². The number of methoxy groups -OCH3 is 1. The quantitative estimate of drug-likeness (QED) is 0.849. The maximum Gasteiger partial charge on any atom is 0.176 e. The maximum atomic E-state index is 5.96. The van der Waals surface area contributed by atoms with E-state index in [0.29, 0.717) is 11.8 Å². The monoisotopic (exact) mass is 275 g/mol. The van der Waals surface area contributed by atoms with Crippen LogP contribution in [0.3, 0.4) is 0 Å². The zero-order valence-electron chi connectivity index (χ0n) is 13.1. The summed E-state index contributed by atoms with van der Waals surface area (Å²) in [5.74, 6) is 3.08. The van der Waals surface area contributed by atoms with Crippen LogP contribution in [0.15, 0.2) is 28.7 Å². The third-order valence-corrected chi connectivity index (χ3v) is 4.06. The summed E-state index contributed by atoms with van der Waals surface area (Å²) in [6.45, 7) is 9.91. The first-order valence-electron chi connectivity index (χ1n) is 7.32. The predicted octanol–water partition coefficient (Wildman–Crippen LogP) is 4.38. The molecule has 1 N–H and O–H groups in total. The third-order valence-electron chi connectivity index (χ3n) is 4.06. The zero-order chi connectivity index (χ0) is 14.7. The van der Waals surface area contributed by atoms with Gasteiger partial charge in [-0.3, -0.25) is 0 Å². The Hall–Kier alpha value is -1.48. The second-order valence-corrected chi connectivity index (χ2v) is 5.88. The second-order valence-electron chi connectivity index (χ2n) is 5.88. The van der Waals surface area contributed by atoms with Gasteiger partial charge in [0.25, 0.3) is 0 Å². The Labute approximate surface area is 121 Å². The molecule has 3 heteroatoms. The normalized spacial score (nSPS) is 14.7. The average Bonchev–Trinajstić information content (AvgIpc) is 2.87. The molecule has 0 amide bonds. The van der Waals surface area contributed by atoms with E-state index in [0.717, 1.165) is 29.0 Å². The number of ether oxygens (including phenoxy) is 1. The van der Waals surface area contributed by atoms with E-state index in [1.54, 1.807) is 7.11 Å². The molecule has 1 aromatic heterocycles. The molecular formula is C17H25NO2. The lowest BCUT2D eigenvalue weighted by Crippen LogP contribution is -2.26. The highest BCUT2D eigenvalue weighted by molar-refractivity contribution is 5.83. The SMILES string of the molecule is COc1cccc2cc(C(C)NCC(C)C(C)C)oc12. The smallest absolute Gasteiger partial charge is 0.176 e. The van der Waals surface area contributed by atoms with E-state index in [-0.39, 0.29) is 6.04 Å². The van der Waals surface area contributed by atoms with Crippen LogP contribution in [0.2, 0.25) is 0 Å². The number of hydrogen-bond acceptors (Lipinski definition) is 3. The van der Waals surface area contributed by atoms with Crippen LogP contribution in [0.25, 0.3) is 11.0 Å². The lowest BCUT2D eigenvalue weighted by Gasteiger charge is -2.19. The highest BCUT2D eigenvalue weighted by Crippen LogP contribution is 2.30. The fraction of sp³-hybridized carbons (Fsp3) is 0.529. The van der Waals surface area contributed by atoms with Crippen LogP contribution in [0.1, 0.15) is 39.5 Å². The minimum Gasteiger partial charge on any atom is -0.493 e. The van der Waals surface area contributed by atoms with E-state index >= 15 is 0 Å². The lowest BCUT2D eigenvalue weighted by atomic mass is 9.98. The molecule has 1 heterocycles. The summed E-state index contributed by atoms with van der Waals surface area (Å²) in [6.07, 6.45) is 0. The van der Waals surface area contributed by atoms with Gasteiger partial charge in [0.2, 0.25) is 0 Å². The third kappa shape index (κ3) is 3.15. The lowest BCUT2D eigenvalue weighted by molar-refractivity contribution is 0.355. The molecule has 0 saturated heterocycles. The number of rotatable bonds is 6. The van der Waals surface area contributed by atoms with Crippen LogP contribution in [-0.4, -0.2) is 13.7 Å². The Morgan fingerprint density at radius 2 is 1.95 bits per heavy atom. The molecule has 0 aliphatic heterocycles. The molecule has 0 saturated carbocycles. The van der Waals surface area contributed by atoms with Crippen molar-refractivity contribution in [2.45, 2.75) is 33.7 Å². The van der Waals surface area contributed by atoms with Crippen molar-refractivity contribution < 1.29 is 9.15 Å². The minimum atomic E-state index is 0.202. The average molecular weight is 275 g/mol. The largest absolute Gasteiger partial charge is 0.493 e. The highest BCUT2D eigenvalue weighted by atomic mass is 16.5. The molecular weight excluding hydrogens is 250 g/mol. The first-order valence-corrected chi connectivity index (χ1v) is 7.32. The molecule has 110 valence electrons. The van der Waals surface area contributed by atoms with Crippen LogP contribution in [0.4, 0.5) is 0 Å². The molecule has 20 heavy (non-hydrogen) atoms. The van der Waals surface area contributed by atoms with Crippen molar-refractivity contribution in [1.82, 2.24) is 5.32 Å². The van der Waals surface area contributed by atoms with Gasteiger partial charge in [0.05, 0.1) is 13.2 Å². The summed E-state index contributed by atoms with van der Waals surface area (Å²) in [5.41, 5.74) is 0.829. The molecule has 0 radical (unpaired) electrons. The number of benzene rings is 1. The van der Waals surface area contributed by atoms with Crippen LogP contribution < -0.4 is 10.1 Å². The number of fused-ring (bicyclic) bond motifs is 1. The Kier molecular flexibility index (Phi) is 4.71. The van der Waals surface area contributed by atoms with Crippen LogP contribution in [0, 0.1) is 11.8 Å². The van der Waals surface area contributed by atoms with Gasteiger partial charge < -0.3 is 14.5 Å². The molecule has 2 rings (SSSR count). The van der Waals surface area contributed by atoms with Crippen molar-refractivity contribution >= 4 is 11.0 Å². The van der Waals surface area contributed by atoms with Crippen molar-refractivity contribution in [3.63, 3.8) is 0 Å². The molecule has 1 aromatic carbocycles. The molecule has 0 bridgehead atoms. The van der Waals surface area contributed by atoms with E-state index in [1.165, 1.54) is 0 Å². The summed E-state index contributed by atoms with van der Waals surface area (Å²) in [7, 11) is 1.67. The number of nitrogens with one attached hydrogen (secondary N) is 1. The van der Waals surface area contributed by atoms with Gasteiger partial charge in [-0.05, 0) is 37.4 Å². The van der Waals surface area contributed by atoms with Crippen molar-refractivity contribution in [2.75, 3.05) is 13.7 Å². The van der Waals surface area contributed by atoms with Gasteiger partial charge in [-0.25, -0.2) is 0 Å². The Morgan fingerprint density at radius 1 is 1.20 bits per heavy atom. The summed E-state index contributed by atoms with van der Waals surface area (Å²) < 4.78 is 11.3. The molecule has 0 spiro atoms. The maximum absolute atomic E-state index is 5.96. The number of furan rings is 1. The zero-order valence-corrected chi connectivity index (χ0v) is 13.1. The Bertz CT molecular complexity index is 559. The molecule has 3 nitrogen and oxygen atoms in total. The van der Waals surface area contributed by atoms with Gasteiger partial charge in [0, 0.05) is 5.39 Å². The van der Waals surface area contributed by atoms with Gasteiger partial charge in [-0.15, -0.1) is 0 Å². The van der Waals surface area contributed by atoms with Crippen molar-refractivity contribution in [3.05, 3.63) is 30.0 Å². The fourth-order valence-electron chi connectivity index (χ4n) is 2.13. The first-order chi connectivity index (χ1) is 9.52. The molecule has 2 aromatic rings. The van der Waals surface area contributed by atoms with Gasteiger partial charge in [0.15, 0.2) is 11.3 Å². The van der Waals surface area contributed by atoms with E-state index in [9.17, 15) is 0 Å². The molecule has 2 unspecified atom stereocenters. The van der Waals surface area contributed by atoms with E-state index in [1.807, 2.05) is 18.2 Å². The number of hydrogen-bond donors (Lipinski definition) is 1. The molecule has 0 fully saturated rings. The number of para-hydroxylation sites is 1. The molecule has 0 aliphatic carbocycles. The summed E-state index contributed by atoms with van der Waals surface area (Å²) >= 11 is 0. The van der Waals surface area contributed by atoms with E-state index in [4.69, 9.17) is 9.15 Å². The molecule has 0 aliphatic rings. The van der Waals surface area contributed by atoms with Crippen molar-refractivity contribution in [1.29, 1.82) is 0 Å². The summed E-state index contributed by atoms with van der Waals surface area (Å²) in [6, 6.07) is 8.26. The van der Waals surface area contributed by atoms with Crippen molar-refractivity contribution in [3.8, 4) is 5.75 Å². The summed E-state index contributed by atoms with van der Waals surface area (Å²) in [4.78, 5) is 0. The van der Waals surface area contributed by atoms with Gasteiger partial charge in [-0.2, -0.15) is 0 Å². The Morgan fingerprint density at radius 3 is 2.60 bits per heavy atom. The minimum absolute atomic E-state index is 0.202. The summed E-state index contributed by atoms with van der Waals surface area (Å²) in [5, 5.41) is 4.63. The fourth-order valence-corrected chi connectivity index (χ4v) is 2.13. The first kappa shape index (κ1) is 14.9. The topological polar surface area (TPSA) is 34.4 Å². The van der Waals surface area contributed by atoms with Crippen LogP contribution in [0.5, 0.6) is 5.75 Å². The second kappa shape index (κ2) is 6.31.